The predicted octanol–water partition coefficient (Wildman–Crippen LogP) is 2.74. The number of aromatic nitrogens is 3. The molecular weight excluding hydrogens is 368 g/mol. The number of rotatable bonds is 8. The average molecular weight is 394 g/mol. The number of nitrogens with zero attached hydrogens (tertiary/aromatic N) is 3. The van der Waals surface area contributed by atoms with Gasteiger partial charge in [0, 0.05) is 18.7 Å². The fourth-order valence-electron chi connectivity index (χ4n) is 2.85. The molecule has 3 aromatic rings. The Bertz CT molecular complexity index is 940. The molecule has 8 heteroatoms. The first-order valence-corrected chi connectivity index (χ1v) is 9.41. The van der Waals surface area contributed by atoms with Gasteiger partial charge in [0.2, 0.25) is 0 Å². The SMILES string of the molecule is CCNC(=NCc1cccc(-c2ncn[nH]2)c1)NCc1ccc(OC)c(OC)c1. The lowest BCUT2D eigenvalue weighted by molar-refractivity contribution is 0.354. The molecule has 0 aliphatic rings. The standard InChI is InChI=1S/C21H26N6O2/c1-4-22-21(24-13-16-8-9-18(28-2)19(11-16)29-3)23-12-15-6-5-7-17(10-15)20-25-14-26-27-20/h5-11,14H,4,12-13H2,1-3H3,(H2,22,23,24)(H,25,26,27). The van der Waals surface area contributed by atoms with Crippen LogP contribution < -0.4 is 20.1 Å². The molecule has 0 fully saturated rings. The molecule has 0 spiro atoms. The van der Waals surface area contributed by atoms with E-state index in [1.54, 1.807) is 14.2 Å². The van der Waals surface area contributed by atoms with Crippen LogP contribution in [-0.4, -0.2) is 41.9 Å². The monoisotopic (exact) mass is 394 g/mol. The first kappa shape index (κ1) is 20.2. The molecule has 0 radical (unpaired) electrons. The topological polar surface area (TPSA) is 96.5 Å². The zero-order chi connectivity index (χ0) is 20.5. The maximum absolute atomic E-state index is 5.37. The summed E-state index contributed by atoms with van der Waals surface area (Å²) in [6.07, 6.45) is 1.50. The van der Waals surface area contributed by atoms with Crippen LogP contribution >= 0.6 is 0 Å². The molecule has 29 heavy (non-hydrogen) atoms. The minimum atomic E-state index is 0.545. The molecule has 8 nitrogen and oxygen atoms in total. The highest BCUT2D eigenvalue weighted by Crippen LogP contribution is 2.27. The molecule has 0 atom stereocenters. The van der Waals surface area contributed by atoms with Crippen molar-refractivity contribution in [2.45, 2.75) is 20.0 Å². The predicted molar refractivity (Wildman–Crippen MR) is 113 cm³/mol. The fraction of sp³-hybridized carbons (Fsp3) is 0.286. The van der Waals surface area contributed by atoms with Crippen LogP contribution in [0.4, 0.5) is 0 Å². The summed E-state index contributed by atoms with van der Waals surface area (Å²) < 4.78 is 10.7. The summed E-state index contributed by atoms with van der Waals surface area (Å²) in [5.74, 6) is 2.91. The Morgan fingerprint density at radius 1 is 1.03 bits per heavy atom. The first-order chi connectivity index (χ1) is 14.2. The Kier molecular flexibility index (Phi) is 7.05. The molecule has 0 unspecified atom stereocenters. The second-order valence-electron chi connectivity index (χ2n) is 6.27. The number of hydrogen-bond acceptors (Lipinski definition) is 5. The summed E-state index contributed by atoms with van der Waals surface area (Å²) in [5, 5.41) is 13.4. The summed E-state index contributed by atoms with van der Waals surface area (Å²) in [5.41, 5.74) is 3.14. The van der Waals surface area contributed by atoms with E-state index in [1.807, 2.05) is 43.3 Å². The zero-order valence-electron chi connectivity index (χ0n) is 16.9. The van der Waals surface area contributed by atoms with Gasteiger partial charge in [-0.1, -0.05) is 24.3 Å². The second-order valence-corrected chi connectivity index (χ2v) is 6.27. The summed E-state index contributed by atoms with van der Waals surface area (Å²) in [7, 11) is 3.26. The Morgan fingerprint density at radius 2 is 1.90 bits per heavy atom. The largest absolute Gasteiger partial charge is 0.493 e. The van der Waals surface area contributed by atoms with Crippen molar-refractivity contribution in [2.75, 3.05) is 20.8 Å². The maximum atomic E-state index is 5.37. The van der Waals surface area contributed by atoms with Crippen LogP contribution in [0.2, 0.25) is 0 Å². The molecule has 1 heterocycles. The molecule has 0 aliphatic heterocycles. The van der Waals surface area contributed by atoms with E-state index in [9.17, 15) is 0 Å². The molecule has 0 saturated carbocycles. The van der Waals surface area contributed by atoms with E-state index >= 15 is 0 Å². The van der Waals surface area contributed by atoms with E-state index in [0.717, 1.165) is 35.0 Å². The summed E-state index contributed by atoms with van der Waals surface area (Å²) in [6, 6.07) is 13.9. The van der Waals surface area contributed by atoms with Crippen LogP contribution in [0.5, 0.6) is 11.5 Å². The van der Waals surface area contributed by atoms with E-state index in [0.29, 0.717) is 24.6 Å². The Labute approximate surface area is 170 Å². The zero-order valence-corrected chi connectivity index (χ0v) is 16.9. The molecular formula is C21H26N6O2. The number of H-pyrrole nitrogens is 1. The number of hydrogen-bond donors (Lipinski definition) is 3. The average Bonchev–Trinajstić information content (AvgIpc) is 3.30. The van der Waals surface area contributed by atoms with Gasteiger partial charge in [0.25, 0.3) is 0 Å². The lowest BCUT2D eigenvalue weighted by atomic mass is 10.1. The number of guanidine groups is 1. The van der Waals surface area contributed by atoms with Gasteiger partial charge >= 0.3 is 0 Å². The number of aliphatic imine (C=N–C) groups is 1. The van der Waals surface area contributed by atoms with Gasteiger partial charge in [0.05, 0.1) is 20.8 Å². The second kappa shape index (κ2) is 10.1. The van der Waals surface area contributed by atoms with Gasteiger partial charge in [-0.15, -0.1) is 0 Å². The van der Waals surface area contributed by atoms with Gasteiger partial charge in [-0.05, 0) is 36.2 Å². The fourth-order valence-corrected chi connectivity index (χ4v) is 2.85. The van der Waals surface area contributed by atoms with Crippen molar-refractivity contribution in [2.24, 2.45) is 4.99 Å². The van der Waals surface area contributed by atoms with Crippen molar-refractivity contribution >= 4 is 5.96 Å². The third kappa shape index (κ3) is 5.47. The van der Waals surface area contributed by atoms with Gasteiger partial charge in [-0.25, -0.2) is 9.98 Å². The van der Waals surface area contributed by atoms with Gasteiger partial charge < -0.3 is 20.1 Å². The van der Waals surface area contributed by atoms with Crippen molar-refractivity contribution in [3.05, 3.63) is 59.9 Å². The molecule has 0 amide bonds. The highest BCUT2D eigenvalue weighted by Gasteiger charge is 2.06. The molecule has 0 aliphatic carbocycles. The molecule has 1 aromatic heterocycles. The maximum Gasteiger partial charge on any atom is 0.191 e. The first-order valence-electron chi connectivity index (χ1n) is 9.41. The number of methoxy groups -OCH3 is 2. The Morgan fingerprint density at radius 3 is 2.62 bits per heavy atom. The van der Waals surface area contributed by atoms with Gasteiger partial charge in [0.1, 0.15) is 6.33 Å². The summed E-state index contributed by atoms with van der Waals surface area (Å²) in [4.78, 5) is 8.89. The van der Waals surface area contributed by atoms with Crippen molar-refractivity contribution in [3.63, 3.8) is 0 Å². The number of benzene rings is 2. The van der Waals surface area contributed by atoms with Crippen molar-refractivity contribution in [1.82, 2.24) is 25.8 Å². The molecule has 2 aromatic carbocycles. The van der Waals surface area contributed by atoms with Crippen LogP contribution in [0.3, 0.4) is 0 Å². The minimum absolute atomic E-state index is 0.545. The third-order valence-corrected chi connectivity index (χ3v) is 4.29. The van der Waals surface area contributed by atoms with Crippen molar-refractivity contribution in [1.29, 1.82) is 0 Å². The van der Waals surface area contributed by atoms with Gasteiger partial charge in [0.15, 0.2) is 23.3 Å². The number of ether oxygens (including phenoxy) is 2. The normalized spacial score (nSPS) is 11.2. The van der Waals surface area contributed by atoms with Crippen LogP contribution in [-0.2, 0) is 13.1 Å². The quantitative estimate of drug-likeness (QED) is 0.402. The van der Waals surface area contributed by atoms with Crippen molar-refractivity contribution < 1.29 is 9.47 Å². The van der Waals surface area contributed by atoms with Crippen LogP contribution in [0.1, 0.15) is 18.1 Å². The lowest BCUT2D eigenvalue weighted by Crippen LogP contribution is -2.36. The van der Waals surface area contributed by atoms with Crippen molar-refractivity contribution in [3.8, 4) is 22.9 Å². The van der Waals surface area contributed by atoms with E-state index in [2.05, 4.69) is 36.9 Å². The van der Waals surface area contributed by atoms with E-state index in [1.165, 1.54) is 6.33 Å². The van der Waals surface area contributed by atoms with E-state index < -0.39 is 0 Å². The van der Waals surface area contributed by atoms with Crippen LogP contribution in [0, 0.1) is 0 Å². The van der Waals surface area contributed by atoms with Gasteiger partial charge in [-0.3, -0.25) is 5.10 Å². The number of nitrogens with one attached hydrogen (secondary N) is 3. The Balaban J connectivity index is 1.67. The summed E-state index contributed by atoms with van der Waals surface area (Å²) in [6.45, 7) is 3.97. The summed E-state index contributed by atoms with van der Waals surface area (Å²) >= 11 is 0. The molecule has 0 saturated heterocycles. The number of aromatic amines is 1. The van der Waals surface area contributed by atoms with Gasteiger partial charge in [-0.2, -0.15) is 5.10 Å². The van der Waals surface area contributed by atoms with Crippen LogP contribution in [0.15, 0.2) is 53.8 Å². The third-order valence-electron chi connectivity index (χ3n) is 4.29. The molecule has 3 N–H and O–H groups in total. The molecule has 3 rings (SSSR count). The highest BCUT2D eigenvalue weighted by atomic mass is 16.5. The smallest absolute Gasteiger partial charge is 0.191 e. The lowest BCUT2D eigenvalue weighted by Gasteiger charge is -2.13. The molecule has 0 bridgehead atoms. The van der Waals surface area contributed by atoms with Crippen LogP contribution in [0.25, 0.3) is 11.4 Å². The van der Waals surface area contributed by atoms with E-state index in [4.69, 9.17) is 9.47 Å². The van der Waals surface area contributed by atoms with E-state index in [-0.39, 0.29) is 0 Å². The highest BCUT2D eigenvalue weighted by molar-refractivity contribution is 5.79. The minimum Gasteiger partial charge on any atom is -0.493 e. The molecule has 152 valence electrons. The Hall–Kier alpha value is -3.55.